The van der Waals surface area contributed by atoms with Crippen molar-refractivity contribution >= 4 is 40.1 Å². The molecule has 0 aliphatic carbocycles. The van der Waals surface area contributed by atoms with Crippen LogP contribution in [0, 0.1) is 5.82 Å². The predicted molar refractivity (Wildman–Crippen MR) is 102 cm³/mol. The second-order valence-electron chi connectivity index (χ2n) is 5.81. The van der Waals surface area contributed by atoms with Crippen molar-refractivity contribution in [2.75, 3.05) is 11.1 Å². The number of amides is 1. The molecule has 2 heterocycles. The Labute approximate surface area is 159 Å². The zero-order valence-electron chi connectivity index (χ0n) is 14.0. The van der Waals surface area contributed by atoms with Gasteiger partial charge in [-0.15, -0.1) is 0 Å². The molecule has 1 atom stereocenters. The molecule has 136 valence electrons. The van der Waals surface area contributed by atoms with E-state index in [0.717, 1.165) is 5.75 Å². The first kappa shape index (κ1) is 18.6. The van der Waals surface area contributed by atoms with Crippen LogP contribution in [0.2, 0.25) is 5.02 Å². The maximum absolute atomic E-state index is 14.5. The quantitative estimate of drug-likeness (QED) is 0.828. The molecule has 0 radical (unpaired) electrons. The number of hydrogen-bond donors (Lipinski definition) is 2. The number of nitrogens with one attached hydrogen (secondary N) is 1. The van der Waals surface area contributed by atoms with E-state index in [4.69, 9.17) is 17.3 Å². The highest BCUT2D eigenvalue weighted by Gasteiger charge is 2.35. The Kier molecular flexibility index (Phi) is 5.43. The number of nitrogens with two attached hydrogens (primary N) is 1. The van der Waals surface area contributed by atoms with Crippen LogP contribution in [-0.2, 0) is 5.54 Å². The number of benzene rings is 1. The van der Waals surface area contributed by atoms with Crippen LogP contribution in [0.1, 0.15) is 35.9 Å². The third-order valence-corrected chi connectivity index (χ3v) is 5.21. The first-order valence-corrected chi connectivity index (χ1v) is 9.37. The van der Waals surface area contributed by atoms with Crippen LogP contribution in [-0.4, -0.2) is 26.8 Å². The van der Waals surface area contributed by atoms with Crippen molar-refractivity contribution in [2.45, 2.75) is 25.3 Å². The van der Waals surface area contributed by atoms with Crippen molar-refractivity contribution < 1.29 is 9.18 Å². The minimum absolute atomic E-state index is 0.0261. The summed E-state index contributed by atoms with van der Waals surface area (Å²) in [5, 5.41) is 3.46. The van der Waals surface area contributed by atoms with E-state index in [1.807, 2.05) is 6.92 Å². The fourth-order valence-electron chi connectivity index (χ4n) is 2.84. The van der Waals surface area contributed by atoms with Gasteiger partial charge in [-0.3, -0.25) is 9.79 Å². The molecule has 1 aromatic heterocycles. The summed E-state index contributed by atoms with van der Waals surface area (Å²) in [6.45, 7) is 1.94. The van der Waals surface area contributed by atoms with Gasteiger partial charge in [0.15, 0.2) is 5.17 Å². The van der Waals surface area contributed by atoms with Gasteiger partial charge in [0, 0.05) is 29.4 Å². The summed E-state index contributed by atoms with van der Waals surface area (Å²) in [6.07, 6.45) is 3.94. The summed E-state index contributed by atoms with van der Waals surface area (Å²) < 4.78 is 14.5. The Bertz CT molecular complexity index is 861. The average Bonchev–Trinajstić information content (AvgIpc) is 2.63. The summed E-state index contributed by atoms with van der Waals surface area (Å²) in [6, 6.07) is 4.40. The van der Waals surface area contributed by atoms with Crippen molar-refractivity contribution in [1.82, 2.24) is 9.97 Å². The lowest BCUT2D eigenvalue weighted by Gasteiger charge is -2.33. The van der Waals surface area contributed by atoms with Crippen LogP contribution < -0.4 is 11.1 Å². The fourth-order valence-corrected chi connectivity index (χ4v) is 3.83. The fraction of sp³-hybridized carbons (Fsp3) is 0.294. The van der Waals surface area contributed by atoms with Crippen molar-refractivity contribution in [3.05, 3.63) is 52.8 Å². The van der Waals surface area contributed by atoms with Gasteiger partial charge in [0.1, 0.15) is 5.82 Å². The van der Waals surface area contributed by atoms with Gasteiger partial charge in [0.25, 0.3) is 5.91 Å². The molecule has 0 saturated heterocycles. The SMILES string of the molecule is CCC1(c2cc(NC(=O)c3ncc(Cl)cn3)ccc2F)CCSC(N)=N1. The lowest BCUT2D eigenvalue weighted by Crippen LogP contribution is -2.32. The molecule has 1 unspecified atom stereocenters. The highest BCUT2D eigenvalue weighted by atomic mass is 35.5. The van der Waals surface area contributed by atoms with E-state index in [-0.39, 0.29) is 11.6 Å². The number of rotatable bonds is 4. The Morgan fingerprint density at radius 1 is 1.42 bits per heavy atom. The maximum atomic E-state index is 14.5. The molecular weight excluding hydrogens is 377 g/mol. The van der Waals surface area contributed by atoms with Crippen LogP contribution >= 0.6 is 23.4 Å². The van der Waals surface area contributed by atoms with Gasteiger partial charge in [-0.1, -0.05) is 30.3 Å². The first-order valence-electron chi connectivity index (χ1n) is 8.00. The van der Waals surface area contributed by atoms with E-state index in [2.05, 4.69) is 20.3 Å². The molecule has 1 aliphatic heterocycles. The number of anilines is 1. The predicted octanol–water partition coefficient (Wildman–Crippen LogP) is 3.58. The van der Waals surface area contributed by atoms with Crippen molar-refractivity contribution in [3.63, 3.8) is 0 Å². The topological polar surface area (TPSA) is 93.3 Å². The third-order valence-electron chi connectivity index (χ3n) is 4.22. The maximum Gasteiger partial charge on any atom is 0.293 e. The van der Waals surface area contributed by atoms with Crippen LogP contribution in [0.15, 0.2) is 35.6 Å². The Morgan fingerprint density at radius 2 is 2.15 bits per heavy atom. The van der Waals surface area contributed by atoms with Gasteiger partial charge in [-0.05, 0) is 31.0 Å². The van der Waals surface area contributed by atoms with Gasteiger partial charge in [0.05, 0.1) is 10.6 Å². The molecule has 3 N–H and O–H groups in total. The summed E-state index contributed by atoms with van der Waals surface area (Å²) in [5.41, 5.74) is 6.00. The van der Waals surface area contributed by atoms with E-state index in [1.165, 1.54) is 36.3 Å². The van der Waals surface area contributed by atoms with Gasteiger partial charge in [-0.25, -0.2) is 14.4 Å². The molecule has 6 nitrogen and oxygen atoms in total. The number of aromatic nitrogens is 2. The number of carbonyl (C=O) groups is 1. The minimum atomic E-state index is -0.725. The summed E-state index contributed by atoms with van der Waals surface area (Å²) in [7, 11) is 0. The smallest absolute Gasteiger partial charge is 0.293 e. The number of hydrogen-bond acceptors (Lipinski definition) is 6. The second-order valence-corrected chi connectivity index (χ2v) is 7.36. The lowest BCUT2D eigenvalue weighted by atomic mass is 9.84. The van der Waals surface area contributed by atoms with E-state index in [9.17, 15) is 9.18 Å². The number of carbonyl (C=O) groups excluding carboxylic acids is 1. The zero-order chi connectivity index (χ0) is 18.7. The molecule has 0 fully saturated rings. The number of amidine groups is 1. The highest BCUT2D eigenvalue weighted by molar-refractivity contribution is 8.13. The standard InChI is InChI=1S/C17H17ClFN5OS/c1-2-17(5-6-26-16(20)24-17)12-7-11(3-4-13(12)19)23-15(25)14-21-8-10(18)9-22-14/h3-4,7-9H,2,5-6H2,1H3,(H2,20,24)(H,23,25). The lowest BCUT2D eigenvalue weighted by molar-refractivity contribution is 0.101. The molecule has 0 bridgehead atoms. The summed E-state index contributed by atoms with van der Waals surface area (Å²) in [4.78, 5) is 24.5. The first-order chi connectivity index (χ1) is 12.4. The molecule has 3 rings (SSSR count). The van der Waals surface area contributed by atoms with Crippen LogP contribution in [0.4, 0.5) is 10.1 Å². The molecule has 1 aromatic carbocycles. The number of aliphatic imine (C=N–C) groups is 1. The van der Waals surface area contributed by atoms with Gasteiger partial charge < -0.3 is 11.1 Å². The Balaban J connectivity index is 1.91. The van der Waals surface area contributed by atoms with Crippen LogP contribution in [0.3, 0.4) is 0 Å². The van der Waals surface area contributed by atoms with E-state index < -0.39 is 11.4 Å². The summed E-state index contributed by atoms with van der Waals surface area (Å²) >= 11 is 7.18. The minimum Gasteiger partial charge on any atom is -0.379 e. The molecule has 26 heavy (non-hydrogen) atoms. The summed E-state index contributed by atoms with van der Waals surface area (Å²) in [5.74, 6) is -0.150. The van der Waals surface area contributed by atoms with Gasteiger partial charge in [0.2, 0.25) is 5.82 Å². The largest absolute Gasteiger partial charge is 0.379 e. The molecular formula is C17H17ClFN5OS. The van der Waals surface area contributed by atoms with Crippen LogP contribution in [0.25, 0.3) is 0 Å². The van der Waals surface area contributed by atoms with E-state index in [1.54, 1.807) is 6.07 Å². The molecule has 1 aliphatic rings. The molecule has 0 spiro atoms. The zero-order valence-corrected chi connectivity index (χ0v) is 15.6. The van der Waals surface area contributed by atoms with E-state index >= 15 is 0 Å². The highest BCUT2D eigenvalue weighted by Crippen LogP contribution is 2.40. The number of nitrogens with zero attached hydrogens (tertiary/aromatic N) is 3. The van der Waals surface area contributed by atoms with Crippen molar-refractivity contribution in [3.8, 4) is 0 Å². The molecule has 0 saturated carbocycles. The van der Waals surface area contributed by atoms with Crippen molar-refractivity contribution in [1.29, 1.82) is 0 Å². The van der Waals surface area contributed by atoms with E-state index in [0.29, 0.717) is 34.3 Å². The second kappa shape index (κ2) is 7.59. The normalized spacial score (nSPS) is 19.7. The van der Waals surface area contributed by atoms with Gasteiger partial charge in [-0.2, -0.15) is 0 Å². The van der Waals surface area contributed by atoms with Crippen LogP contribution in [0.5, 0.6) is 0 Å². The molecule has 2 aromatic rings. The monoisotopic (exact) mass is 393 g/mol. The molecule has 9 heteroatoms. The van der Waals surface area contributed by atoms with Crippen molar-refractivity contribution in [2.24, 2.45) is 10.7 Å². The number of thioether (sulfide) groups is 1. The Hall–Kier alpha value is -2.19. The Morgan fingerprint density at radius 3 is 2.81 bits per heavy atom. The number of halogens is 2. The van der Waals surface area contributed by atoms with Gasteiger partial charge >= 0.3 is 0 Å². The average molecular weight is 394 g/mol. The third kappa shape index (κ3) is 3.81. The molecule has 1 amide bonds.